The number of amides is 3. The van der Waals surface area contributed by atoms with Crippen LogP contribution in [0.25, 0.3) is 0 Å². The summed E-state index contributed by atoms with van der Waals surface area (Å²) in [4.78, 5) is 49.9. The fraction of sp³-hybridized carbons (Fsp3) is 0.0938. The van der Waals surface area contributed by atoms with Crippen molar-refractivity contribution in [3.05, 3.63) is 119 Å². The van der Waals surface area contributed by atoms with Gasteiger partial charge in [0.25, 0.3) is 5.91 Å². The maximum Gasteiger partial charge on any atom is 0.343 e. The maximum atomic E-state index is 12.7. The molecule has 0 aliphatic rings. The Kier molecular flexibility index (Phi) is 10.6. The first-order chi connectivity index (χ1) is 20.8. The first-order valence-corrected chi connectivity index (χ1v) is 13.6. The van der Waals surface area contributed by atoms with Crippen molar-refractivity contribution in [2.45, 2.75) is 13.3 Å². The van der Waals surface area contributed by atoms with Crippen LogP contribution in [-0.2, 0) is 9.59 Å². The summed E-state index contributed by atoms with van der Waals surface area (Å²) in [5.74, 6) is -2.08. The molecular weight excluding hydrogens is 572 g/mol. The number of ether oxygens (including phenoxy) is 2. The van der Waals surface area contributed by atoms with Gasteiger partial charge in [0.15, 0.2) is 0 Å². The number of hydrogen-bond acceptors (Lipinski definition) is 7. The number of rotatable bonds is 10. The second-order valence-corrected chi connectivity index (χ2v) is 9.43. The highest BCUT2D eigenvalue weighted by molar-refractivity contribution is 6.40. The summed E-state index contributed by atoms with van der Waals surface area (Å²) in [7, 11) is 0. The first kappa shape index (κ1) is 30.5. The van der Waals surface area contributed by atoms with Crippen LogP contribution >= 0.6 is 11.6 Å². The van der Waals surface area contributed by atoms with Gasteiger partial charge in [-0.25, -0.2) is 10.2 Å². The third-order valence-electron chi connectivity index (χ3n) is 5.76. The fourth-order valence-corrected chi connectivity index (χ4v) is 3.74. The SMILES string of the molecule is CCCOc1ccc(C(=O)Oc2ccc(/C=N\NC(=O)C(=O)Nc3ccccc3C(=O)Nc3ccc(Cl)cc3)cc2)cc1. The van der Waals surface area contributed by atoms with E-state index in [4.69, 9.17) is 21.1 Å². The van der Waals surface area contributed by atoms with Crippen molar-refractivity contribution in [1.29, 1.82) is 0 Å². The van der Waals surface area contributed by atoms with Crippen molar-refractivity contribution in [2.75, 3.05) is 17.2 Å². The van der Waals surface area contributed by atoms with Crippen LogP contribution in [-0.4, -0.2) is 36.5 Å². The Labute approximate surface area is 252 Å². The lowest BCUT2D eigenvalue weighted by Gasteiger charge is -2.11. The van der Waals surface area contributed by atoms with Gasteiger partial charge in [-0.05, 0) is 96.9 Å². The van der Waals surface area contributed by atoms with E-state index in [1.54, 1.807) is 84.9 Å². The molecule has 0 atom stereocenters. The molecule has 0 aromatic heterocycles. The Morgan fingerprint density at radius 1 is 0.791 bits per heavy atom. The second kappa shape index (κ2) is 14.9. The van der Waals surface area contributed by atoms with E-state index in [9.17, 15) is 19.2 Å². The lowest BCUT2D eigenvalue weighted by molar-refractivity contribution is -0.136. The molecule has 0 bridgehead atoms. The topological polar surface area (TPSA) is 135 Å². The Morgan fingerprint density at radius 2 is 1.47 bits per heavy atom. The zero-order chi connectivity index (χ0) is 30.6. The molecule has 0 spiro atoms. The van der Waals surface area contributed by atoms with Gasteiger partial charge in [0.05, 0.1) is 29.6 Å². The number of hydrazone groups is 1. The summed E-state index contributed by atoms with van der Waals surface area (Å²) < 4.78 is 10.9. The number of anilines is 2. The van der Waals surface area contributed by atoms with E-state index in [1.807, 2.05) is 6.92 Å². The smallest absolute Gasteiger partial charge is 0.343 e. The minimum Gasteiger partial charge on any atom is -0.494 e. The van der Waals surface area contributed by atoms with Gasteiger partial charge in [-0.2, -0.15) is 5.10 Å². The number of nitrogens with zero attached hydrogens (tertiary/aromatic N) is 1. The van der Waals surface area contributed by atoms with Crippen molar-refractivity contribution in [1.82, 2.24) is 5.43 Å². The van der Waals surface area contributed by atoms with Crippen LogP contribution in [0, 0.1) is 0 Å². The normalized spacial score (nSPS) is 10.6. The molecule has 0 heterocycles. The second-order valence-electron chi connectivity index (χ2n) is 8.99. The minimum atomic E-state index is -1.04. The predicted molar refractivity (Wildman–Crippen MR) is 164 cm³/mol. The number of para-hydroxylation sites is 1. The molecule has 4 rings (SSSR count). The molecule has 4 aromatic carbocycles. The van der Waals surface area contributed by atoms with Crippen LogP contribution in [0.4, 0.5) is 11.4 Å². The number of halogens is 1. The van der Waals surface area contributed by atoms with Crippen LogP contribution in [0.3, 0.4) is 0 Å². The van der Waals surface area contributed by atoms with E-state index >= 15 is 0 Å². The number of carbonyl (C=O) groups is 4. The zero-order valence-electron chi connectivity index (χ0n) is 23.0. The number of benzene rings is 4. The van der Waals surface area contributed by atoms with Gasteiger partial charge in [-0.15, -0.1) is 0 Å². The molecule has 10 nitrogen and oxygen atoms in total. The van der Waals surface area contributed by atoms with E-state index in [1.165, 1.54) is 18.3 Å². The maximum absolute atomic E-state index is 12.7. The van der Waals surface area contributed by atoms with Gasteiger partial charge in [0.1, 0.15) is 11.5 Å². The predicted octanol–water partition coefficient (Wildman–Crippen LogP) is 5.69. The van der Waals surface area contributed by atoms with Crippen molar-refractivity contribution >= 4 is 52.9 Å². The molecule has 4 aromatic rings. The largest absolute Gasteiger partial charge is 0.494 e. The molecule has 0 aliphatic heterocycles. The van der Waals surface area contributed by atoms with E-state index in [0.717, 1.165) is 6.42 Å². The molecule has 0 saturated heterocycles. The van der Waals surface area contributed by atoms with Crippen molar-refractivity contribution < 1.29 is 28.7 Å². The van der Waals surface area contributed by atoms with Gasteiger partial charge in [0.2, 0.25) is 0 Å². The van der Waals surface area contributed by atoms with Crippen LogP contribution in [0.15, 0.2) is 102 Å². The summed E-state index contributed by atoms with van der Waals surface area (Å²) in [6.45, 7) is 2.60. The Balaban J connectivity index is 1.28. The van der Waals surface area contributed by atoms with Crippen molar-refractivity contribution in [3.63, 3.8) is 0 Å². The van der Waals surface area contributed by atoms with E-state index < -0.39 is 23.7 Å². The Morgan fingerprint density at radius 3 is 2.16 bits per heavy atom. The minimum absolute atomic E-state index is 0.143. The Bertz CT molecular complexity index is 1620. The summed E-state index contributed by atoms with van der Waals surface area (Å²) >= 11 is 5.88. The first-order valence-electron chi connectivity index (χ1n) is 13.2. The van der Waals surface area contributed by atoms with Crippen LogP contribution in [0.5, 0.6) is 11.5 Å². The molecule has 11 heteroatoms. The molecule has 0 fully saturated rings. The van der Waals surface area contributed by atoms with E-state index in [2.05, 4.69) is 21.2 Å². The quantitative estimate of drug-likeness (QED) is 0.0706. The standard InChI is InChI=1S/C32H27ClN4O6/c1-2-19-42-25-17-9-22(10-18-25)32(41)43-26-15-7-21(8-16-26)20-34-37-31(40)30(39)36-28-6-4-3-5-27(28)29(38)35-24-13-11-23(33)12-14-24/h3-18,20H,2,19H2,1H3,(H,35,38)(H,36,39)(H,37,40)/b34-20-. The van der Waals surface area contributed by atoms with E-state index in [-0.39, 0.29) is 11.3 Å². The molecule has 0 radical (unpaired) electrons. The van der Waals surface area contributed by atoms with Gasteiger partial charge in [-0.1, -0.05) is 30.7 Å². The highest BCUT2D eigenvalue weighted by Crippen LogP contribution is 2.19. The molecule has 43 heavy (non-hydrogen) atoms. The molecule has 0 unspecified atom stereocenters. The van der Waals surface area contributed by atoms with Crippen LogP contribution in [0.1, 0.15) is 39.6 Å². The van der Waals surface area contributed by atoms with Gasteiger partial charge in [0, 0.05) is 10.7 Å². The number of esters is 1. The Hall–Kier alpha value is -5.48. The van der Waals surface area contributed by atoms with Crippen molar-refractivity contribution in [3.8, 4) is 11.5 Å². The molecule has 0 aliphatic carbocycles. The third-order valence-corrected chi connectivity index (χ3v) is 6.01. The summed E-state index contributed by atoms with van der Waals surface area (Å²) in [6, 6.07) is 25.8. The number of hydrogen-bond donors (Lipinski definition) is 3. The molecular formula is C32H27ClN4O6. The summed E-state index contributed by atoms with van der Waals surface area (Å²) in [6.07, 6.45) is 2.20. The molecule has 3 N–H and O–H groups in total. The summed E-state index contributed by atoms with van der Waals surface area (Å²) in [5.41, 5.74) is 3.89. The van der Waals surface area contributed by atoms with Crippen LogP contribution < -0.4 is 25.5 Å². The highest BCUT2D eigenvalue weighted by Gasteiger charge is 2.18. The highest BCUT2D eigenvalue weighted by atomic mass is 35.5. The monoisotopic (exact) mass is 598 g/mol. The van der Waals surface area contributed by atoms with E-state index in [0.29, 0.717) is 39.9 Å². The van der Waals surface area contributed by atoms with Gasteiger partial charge < -0.3 is 20.1 Å². The van der Waals surface area contributed by atoms with Crippen molar-refractivity contribution in [2.24, 2.45) is 5.10 Å². The number of carbonyl (C=O) groups excluding carboxylic acids is 4. The molecule has 3 amide bonds. The molecule has 218 valence electrons. The third kappa shape index (κ3) is 9.00. The van der Waals surface area contributed by atoms with Gasteiger partial charge in [-0.3, -0.25) is 14.4 Å². The van der Waals surface area contributed by atoms with Gasteiger partial charge >= 0.3 is 17.8 Å². The lowest BCUT2D eigenvalue weighted by Crippen LogP contribution is -2.33. The lowest BCUT2D eigenvalue weighted by atomic mass is 10.1. The average Bonchev–Trinajstić information content (AvgIpc) is 3.02. The average molecular weight is 599 g/mol. The summed E-state index contributed by atoms with van der Waals surface area (Å²) in [5, 5.41) is 9.45. The molecule has 0 saturated carbocycles. The number of nitrogens with one attached hydrogen (secondary N) is 3. The fourth-order valence-electron chi connectivity index (χ4n) is 3.61. The zero-order valence-corrected chi connectivity index (χ0v) is 23.8. The van der Waals surface area contributed by atoms with Crippen LogP contribution in [0.2, 0.25) is 5.02 Å².